The Morgan fingerprint density at radius 2 is 1.82 bits per heavy atom. The molecule has 0 bridgehead atoms. The number of halogens is 6. The number of alkyl halides is 3. The molecule has 1 aromatic rings. The fourth-order valence-electron chi connectivity index (χ4n) is 2.65. The highest BCUT2D eigenvalue weighted by atomic mass is 35.5. The minimum atomic E-state index is -4.38. The van der Waals surface area contributed by atoms with Crippen LogP contribution in [0.3, 0.4) is 0 Å². The van der Waals surface area contributed by atoms with Crippen LogP contribution in [0.5, 0.6) is 0 Å². The molecule has 1 N–H and O–H groups in total. The highest BCUT2D eigenvalue weighted by molar-refractivity contribution is 6.30. The smallest absolute Gasteiger partial charge is 0.314 e. The standard InChI is InChI=1S/C14H16ClF5N2/c15-9-1-2-10(16)12(13(9)17)11(3-4-14(18,19)20)22-7-5-21-6-8-22/h1-2,11,21H,3-8H2/t11-/m1/s1. The quantitative estimate of drug-likeness (QED) is 0.659. The predicted molar refractivity (Wildman–Crippen MR) is 73.8 cm³/mol. The van der Waals surface area contributed by atoms with E-state index in [0.717, 1.165) is 12.1 Å². The van der Waals surface area contributed by atoms with E-state index >= 15 is 0 Å². The molecule has 1 fully saturated rings. The van der Waals surface area contributed by atoms with Gasteiger partial charge in [0.1, 0.15) is 11.6 Å². The number of hydrogen-bond donors (Lipinski definition) is 1. The summed E-state index contributed by atoms with van der Waals surface area (Å²) in [5.41, 5.74) is -0.376. The first-order valence-corrected chi connectivity index (χ1v) is 7.32. The SMILES string of the molecule is Fc1ccc(Cl)c(F)c1[C@@H](CCC(F)(F)F)N1CCNCC1. The maximum Gasteiger partial charge on any atom is 0.389 e. The summed E-state index contributed by atoms with van der Waals surface area (Å²) in [5, 5.41) is 2.77. The summed E-state index contributed by atoms with van der Waals surface area (Å²) in [6.07, 6.45) is -5.89. The Hall–Kier alpha value is -0.920. The average molecular weight is 343 g/mol. The molecule has 22 heavy (non-hydrogen) atoms. The Balaban J connectivity index is 2.32. The summed E-state index contributed by atoms with van der Waals surface area (Å²) >= 11 is 5.66. The molecule has 1 atom stereocenters. The van der Waals surface area contributed by atoms with Crippen LogP contribution in [0.2, 0.25) is 5.02 Å². The van der Waals surface area contributed by atoms with Crippen molar-refractivity contribution in [3.05, 3.63) is 34.4 Å². The Labute approximate surface area is 130 Å². The third kappa shape index (κ3) is 4.30. The normalized spacial score (nSPS) is 18.5. The Bertz CT molecular complexity index is 515. The predicted octanol–water partition coefficient (Wildman–Crippen LogP) is 3.91. The van der Waals surface area contributed by atoms with Gasteiger partial charge < -0.3 is 5.32 Å². The van der Waals surface area contributed by atoms with Crippen molar-refractivity contribution in [3.63, 3.8) is 0 Å². The van der Waals surface area contributed by atoms with Crippen LogP contribution >= 0.6 is 11.6 Å². The van der Waals surface area contributed by atoms with Gasteiger partial charge in [-0.25, -0.2) is 8.78 Å². The van der Waals surface area contributed by atoms with Gasteiger partial charge in [-0.2, -0.15) is 13.2 Å². The van der Waals surface area contributed by atoms with Crippen molar-refractivity contribution < 1.29 is 22.0 Å². The number of benzene rings is 1. The zero-order chi connectivity index (χ0) is 16.3. The lowest BCUT2D eigenvalue weighted by Crippen LogP contribution is -2.45. The van der Waals surface area contributed by atoms with Crippen LogP contribution < -0.4 is 5.32 Å². The summed E-state index contributed by atoms with van der Waals surface area (Å²) in [5.74, 6) is -1.85. The zero-order valence-corrected chi connectivity index (χ0v) is 12.4. The number of hydrogen-bond acceptors (Lipinski definition) is 2. The summed E-state index contributed by atoms with van der Waals surface area (Å²) in [7, 11) is 0. The van der Waals surface area contributed by atoms with Crippen molar-refractivity contribution >= 4 is 11.6 Å². The molecule has 0 unspecified atom stereocenters. The van der Waals surface area contributed by atoms with Crippen LogP contribution in [0.4, 0.5) is 22.0 Å². The average Bonchev–Trinajstić information content (AvgIpc) is 2.46. The van der Waals surface area contributed by atoms with E-state index in [1.165, 1.54) is 0 Å². The Morgan fingerprint density at radius 1 is 1.18 bits per heavy atom. The molecule has 2 nitrogen and oxygen atoms in total. The first-order chi connectivity index (χ1) is 10.3. The van der Waals surface area contributed by atoms with Gasteiger partial charge in [-0.05, 0) is 18.6 Å². The van der Waals surface area contributed by atoms with Gasteiger partial charge in [0.25, 0.3) is 0 Å². The Kier molecular flexibility index (Phi) is 5.63. The third-order valence-electron chi connectivity index (χ3n) is 3.71. The van der Waals surface area contributed by atoms with Gasteiger partial charge in [0.15, 0.2) is 0 Å². The molecule has 1 aliphatic heterocycles. The van der Waals surface area contributed by atoms with Crippen LogP contribution in [0.1, 0.15) is 24.4 Å². The van der Waals surface area contributed by atoms with Crippen LogP contribution in [-0.4, -0.2) is 37.3 Å². The van der Waals surface area contributed by atoms with Gasteiger partial charge in [0, 0.05) is 44.2 Å². The van der Waals surface area contributed by atoms with E-state index in [2.05, 4.69) is 5.32 Å². The van der Waals surface area contributed by atoms with Gasteiger partial charge in [-0.1, -0.05) is 11.6 Å². The molecular weight excluding hydrogens is 327 g/mol. The van der Waals surface area contributed by atoms with Gasteiger partial charge in [-0.15, -0.1) is 0 Å². The molecule has 0 saturated carbocycles. The summed E-state index contributed by atoms with van der Waals surface area (Å²) in [6.45, 7) is 1.97. The van der Waals surface area contributed by atoms with Crippen molar-refractivity contribution in [2.24, 2.45) is 0 Å². The molecule has 0 aromatic heterocycles. The molecule has 1 heterocycles. The van der Waals surface area contributed by atoms with Gasteiger partial charge in [0.2, 0.25) is 0 Å². The lowest BCUT2D eigenvalue weighted by atomic mass is 9.98. The topological polar surface area (TPSA) is 15.3 Å². The minimum absolute atomic E-state index is 0.288. The van der Waals surface area contributed by atoms with E-state index in [0.29, 0.717) is 26.2 Å². The van der Waals surface area contributed by atoms with Crippen LogP contribution in [0.25, 0.3) is 0 Å². The first kappa shape index (κ1) is 17.4. The fraction of sp³-hybridized carbons (Fsp3) is 0.571. The van der Waals surface area contributed by atoms with Crippen molar-refractivity contribution in [3.8, 4) is 0 Å². The molecule has 1 aromatic carbocycles. The molecule has 1 aliphatic rings. The van der Waals surface area contributed by atoms with E-state index in [1.54, 1.807) is 4.90 Å². The highest BCUT2D eigenvalue weighted by Crippen LogP contribution is 2.36. The van der Waals surface area contributed by atoms with E-state index in [9.17, 15) is 22.0 Å². The van der Waals surface area contributed by atoms with Crippen molar-refractivity contribution in [1.29, 1.82) is 0 Å². The van der Waals surface area contributed by atoms with E-state index in [4.69, 9.17) is 11.6 Å². The first-order valence-electron chi connectivity index (χ1n) is 6.94. The summed E-state index contributed by atoms with van der Waals surface area (Å²) in [4.78, 5) is 1.67. The molecule has 0 aliphatic carbocycles. The number of rotatable bonds is 4. The van der Waals surface area contributed by atoms with Gasteiger partial charge in [0.05, 0.1) is 5.02 Å². The highest BCUT2D eigenvalue weighted by Gasteiger charge is 2.34. The van der Waals surface area contributed by atoms with E-state index < -0.39 is 36.7 Å². The number of piperazine rings is 1. The lowest BCUT2D eigenvalue weighted by Gasteiger charge is -2.35. The summed E-state index contributed by atoms with van der Waals surface area (Å²) < 4.78 is 65.8. The third-order valence-corrected chi connectivity index (χ3v) is 4.00. The second-order valence-corrected chi connectivity index (χ2v) is 5.62. The molecule has 2 rings (SSSR count). The molecule has 8 heteroatoms. The van der Waals surface area contributed by atoms with Crippen molar-refractivity contribution in [2.45, 2.75) is 25.1 Å². The second-order valence-electron chi connectivity index (χ2n) is 5.21. The lowest BCUT2D eigenvalue weighted by molar-refractivity contribution is -0.138. The van der Waals surface area contributed by atoms with Crippen molar-refractivity contribution in [2.75, 3.05) is 26.2 Å². The molecular formula is C14H16ClF5N2. The maximum absolute atomic E-state index is 14.2. The largest absolute Gasteiger partial charge is 0.389 e. The van der Waals surface area contributed by atoms with Crippen LogP contribution in [-0.2, 0) is 0 Å². The number of nitrogens with zero attached hydrogens (tertiary/aromatic N) is 1. The van der Waals surface area contributed by atoms with Crippen LogP contribution in [0.15, 0.2) is 12.1 Å². The van der Waals surface area contributed by atoms with E-state index in [1.807, 2.05) is 0 Å². The number of nitrogens with one attached hydrogen (secondary N) is 1. The molecule has 0 spiro atoms. The molecule has 124 valence electrons. The van der Waals surface area contributed by atoms with Crippen LogP contribution in [0, 0.1) is 11.6 Å². The maximum atomic E-state index is 14.2. The Morgan fingerprint density at radius 3 is 2.41 bits per heavy atom. The zero-order valence-electron chi connectivity index (χ0n) is 11.7. The van der Waals surface area contributed by atoms with Gasteiger partial charge >= 0.3 is 6.18 Å². The summed E-state index contributed by atoms with van der Waals surface area (Å²) in [6, 6.07) is 1.07. The molecule has 1 saturated heterocycles. The molecule has 0 amide bonds. The van der Waals surface area contributed by atoms with Gasteiger partial charge in [-0.3, -0.25) is 4.90 Å². The molecule has 0 radical (unpaired) electrons. The second kappa shape index (κ2) is 7.10. The fourth-order valence-corrected chi connectivity index (χ4v) is 2.82. The monoisotopic (exact) mass is 342 g/mol. The minimum Gasteiger partial charge on any atom is -0.314 e. The van der Waals surface area contributed by atoms with E-state index in [-0.39, 0.29) is 10.6 Å². The van der Waals surface area contributed by atoms with Crippen molar-refractivity contribution in [1.82, 2.24) is 10.2 Å².